The van der Waals surface area contributed by atoms with Crippen LogP contribution in [0.15, 0.2) is 60.7 Å². The van der Waals surface area contributed by atoms with Gasteiger partial charge in [0.15, 0.2) is 12.1 Å². The van der Waals surface area contributed by atoms with Gasteiger partial charge in [-0.15, -0.1) is 0 Å². The van der Waals surface area contributed by atoms with Gasteiger partial charge in [0.05, 0.1) is 23.7 Å². The Morgan fingerprint density at radius 3 is 2.66 bits per heavy atom. The van der Waals surface area contributed by atoms with Crippen LogP contribution in [0.2, 0.25) is 0 Å². The molecule has 0 aliphatic carbocycles. The van der Waals surface area contributed by atoms with Crippen LogP contribution in [0.4, 0.5) is 21.9 Å². The number of piperazine rings is 1. The quantitative estimate of drug-likeness (QED) is 0.270. The lowest BCUT2D eigenvalue weighted by atomic mass is 10.1. The third-order valence-electron chi connectivity index (χ3n) is 7.45. The van der Waals surface area contributed by atoms with Gasteiger partial charge < -0.3 is 5.32 Å². The fourth-order valence-electron chi connectivity index (χ4n) is 5.77. The van der Waals surface area contributed by atoms with Gasteiger partial charge in [-0.25, -0.2) is 14.2 Å². The Hall–Kier alpha value is -4.15. The van der Waals surface area contributed by atoms with Crippen LogP contribution in [0.3, 0.4) is 0 Å². The fourth-order valence-corrected chi connectivity index (χ4v) is 5.77. The smallest absolute Gasteiger partial charge is 0.321 e. The standard InChI is InChI=1S/C25H21N5O5/c1-15-9-10-17(11-20(15)29(34)35)26-23(31)21-12-27-13-22-24(32)28(25(33)30(21,22)14-27)19-8-4-6-16-5-2-3-7-18(16)19/h2-11,21-22H,12-14H2,1H3/p+1. The predicted molar refractivity (Wildman–Crippen MR) is 128 cm³/mol. The van der Waals surface area contributed by atoms with Crippen LogP contribution in [0.25, 0.3) is 10.8 Å². The van der Waals surface area contributed by atoms with Gasteiger partial charge in [0.1, 0.15) is 6.67 Å². The van der Waals surface area contributed by atoms with E-state index in [9.17, 15) is 24.5 Å². The van der Waals surface area contributed by atoms with E-state index in [1.54, 1.807) is 25.1 Å². The number of urea groups is 1. The monoisotopic (exact) mass is 472 g/mol. The molecule has 35 heavy (non-hydrogen) atoms. The molecule has 4 amide bonds. The maximum absolute atomic E-state index is 14.0. The van der Waals surface area contributed by atoms with Crippen LogP contribution in [-0.2, 0) is 9.59 Å². The van der Waals surface area contributed by atoms with Crippen molar-refractivity contribution in [2.24, 2.45) is 0 Å². The number of nitro groups is 1. The first-order valence-corrected chi connectivity index (χ1v) is 11.3. The highest BCUT2D eigenvalue weighted by atomic mass is 16.6. The number of benzene rings is 3. The summed E-state index contributed by atoms with van der Waals surface area (Å²) in [6, 6.07) is 15.6. The average molecular weight is 472 g/mol. The van der Waals surface area contributed by atoms with E-state index in [1.165, 1.54) is 11.0 Å². The number of anilines is 2. The summed E-state index contributed by atoms with van der Waals surface area (Å²) in [5, 5.41) is 15.8. The minimum absolute atomic E-state index is 0.0979. The molecule has 1 N–H and O–H groups in total. The zero-order valence-electron chi connectivity index (χ0n) is 18.9. The van der Waals surface area contributed by atoms with Gasteiger partial charge in [0.2, 0.25) is 0 Å². The van der Waals surface area contributed by atoms with Crippen molar-refractivity contribution in [3.05, 3.63) is 76.3 Å². The van der Waals surface area contributed by atoms with Crippen LogP contribution in [0.5, 0.6) is 0 Å². The number of amides is 4. The van der Waals surface area contributed by atoms with Gasteiger partial charge in [0.25, 0.3) is 17.5 Å². The predicted octanol–water partition coefficient (Wildman–Crippen LogP) is 3.00. The number of carbonyl (C=O) groups excluding carboxylic acids is 3. The molecule has 4 unspecified atom stereocenters. The van der Waals surface area contributed by atoms with Crippen molar-refractivity contribution in [3.8, 4) is 0 Å². The van der Waals surface area contributed by atoms with Crippen molar-refractivity contribution in [2.45, 2.75) is 19.0 Å². The Bertz CT molecular complexity index is 1450. The summed E-state index contributed by atoms with van der Waals surface area (Å²) in [6.07, 6.45) is 0. The van der Waals surface area contributed by atoms with Gasteiger partial charge >= 0.3 is 6.03 Å². The van der Waals surface area contributed by atoms with Crippen LogP contribution in [-0.4, -0.2) is 64.0 Å². The molecule has 2 bridgehead atoms. The van der Waals surface area contributed by atoms with Gasteiger partial charge in [-0.05, 0) is 24.4 Å². The maximum Gasteiger partial charge on any atom is 0.433 e. The number of imide groups is 1. The van der Waals surface area contributed by atoms with E-state index < -0.39 is 28.9 Å². The lowest BCUT2D eigenvalue weighted by Crippen LogP contribution is -2.63. The van der Waals surface area contributed by atoms with Crippen molar-refractivity contribution in [3.63, 3.8) is 0 Å². The van der Waals surface area contributed by atoms with E-state index >= 15 is 0 Å². The van der Waals surface area contributed by atoms with Crippen LogP contribution >= 0.6 is 0 Å². The third-order valence-corrected chi connectivity index (χ3v) is 7.45. The molecule has 3 heterocycles. The first kappa shape index (κ1) is 21.4. The highest BCUT2D eigenvalue weighted by Gasteiger charge is 2.73. The Kier molecular flexibility index (Phi) is 4.54. The van der Waals surface area contributed by atoms with Crippen LogP contribution in [0.1, 0.15) is 5.56 Å². The normalized spacial score (nSPS) is 26.9. The summed E-state index contributed by atoms with van der Waals surface area (Å²) in [5.74, 6) is -0.742. The van der Waals surface area contributed by atoms with E-state index in [-0.39, 0.29) is 28.4 Å². The molecule has 3 aliphatic heterocycles. The lowest BCUT2D eigenvalue weighted by molar-refractivity contribution is -0.852. The molecule has 0 aromatic heterocycles. The van der Waals surface area contributed by atoms with Gasteiger partial charge in [-0.1, -0.05) is 42.5 Å². The van der Waals surface area contributed by atoms with E-state index in [0.29, 0.717) is 24.3 Å². The zero-order valence-corrected chi connectivity index (χ0v) is 18.9. The molecule has 3 aromatic rings. The molecule has 176 valence electrons. The molecule has 3 aliphatic rings. The molecule has 3 aromatic carbocycles. The molecule has 10 nitrogen and oxygen atoms in total. The SMILES string of the molecule is Cc1ccc(NC(=O)C2CN3CC4C(=O)N(c5cccc6ccccc56)C(=O)[N+]24C3)cc1[N+](=O)[O-]. The first-order valence-electron chi connectivity index (χ1n) is 11.3. The summed E-state index contributed by atoms with van der Waals surface area (Å²) in [4.78, 5) is 54.9. The van der Waals surface area contributed by atoms with Gasteiger partial charge in [-0.3, -0.25) is 19.7 Å². The number of rotatable bonds is 4. The number of hydrogen-bond acceptors (Lipinski definition) is 6. The molecule has 4 atom stereocenters. The van der Waals surface area contributed by atoms with E-state index in [4.69, 9.17) is 0 Å². The van der Waals surface area contributed by atoms with Crippen molar-refractivity contribution < 1.29 is 23.8 Å². The summed E-state index contributed by atoms with van der Waals surface area (Å²) in [6.45, 7) is 2.64. The molecular formula is C25H22N5O5+. The number of quaternary nitrogens is 1. The average Bonchev–Trinajstić information content (AvgIpc) is 3.48. The Morgan fingerprint density at radius 1 is 1.09 bits per heavy atom. The van der Waals surface area contributed by atoms with Crippen molar-refractivity contribution in [2.75, 3.05) is 30.0 Å². The summed E-state index contributed by atoms with van der Waals surface area (Å²) in [7, 11) is 0. The molecule has 1 spiro atoms. The molecule has 0 saturated carbocycles. The van der Waals surface area contributed by atoms with Crippen molar-refractivity contribution in [1.29, 1.82) is 0 Å². The second kappa shape index (κ2) is 7.42. The number of carbonyl (C=O) groups is 3. The zero-order chi connectivity index (χ0) is 24.5. The maximum atomic E-state index is 14.0. The van der Waals surface area contributed by atoms with Gasteiger partial charge in [0, 0.05) is 22.7 Å². The highest BCUT2D eigenvalue weighted by Crippen LogP contribution is 2.44. The van der Waals surface area contributed by atoms with E-state index in [2.05, 4.69) is 5.32 Å². The number of aryl methyl sites for hydroxylation is 1. The largest absolute Gasteiger partial charge is 0.433 e. The third kappa shape index (κ3) is 2.93. The molecule has 3 saturated heterocycles. The fraction of sp³-hybridized carbons (Fsp3) is 0.240. The topological polar surface area (TPSA) is 113 Å². The Labute approximate surface area is 200 Å². The molecule has 3 fully saturated rings. The number of nitrogens with zero attached hydrogens (tertiary/aromatic N) is 4. The molecule has 0 radical (unpaired) electrons. The van der Waals surface area contributed by atoms with Gasteiger partial charge in [-0.2, -0.15) is 4.90 Å². The lowest BCUT2D eigenvalue weighted by Gasteiger charge is -2.32. The minimum Gasteiger partial charge on any atom is -0.321 e. The molecule has 10 heteroatoms. The van der Waals surface area contributed by atoms with Crippen molar-refractivity contribution in [1.82, 2.24) is 4.90 Å². The highest BCUT2D eigenvalue weighted by molar-refractivity contribution is 6.22. The number of nitro benzene ring substituents is 1. The first-order chi connectivity index (χ1) is 16.8. The summed E-state index contributed by atoms with van der Waals surface area (Å²) >= 11 is 0. The number of fused-ring (bicyclic) bond motifs is 2. The van der Waals surface area contributed by atoms with E-state index in [0.717, 1.165) is 10.8 Å². The summed E-state index contributed by atoms with van der Waals surface area (Å²) in [5.41, 5.74) is 1.19. The van der Waals surface area contributed by atoms with Crippen LogP contribution in [0, 0.1) is 17.0 Å². The summed E-state index contributed by atoms with van der Waals surface area (Å²) < 4.78 is -0.276. The molecular weight excluding hydrogens is 450 g/mol. The second-order valence-corrected chi connectivity index (χ2v) is 9.34. The Morgan fingerprint density at radius 2 is 1.86 bits per heavy atom. The molecule has 6 rings (SSSR count). The minimum atomic E-state index is -0.800. The number of nitrogens with one attached hydrogen (secondary N) is 1. The van der Waals surface area contributed by atoms with Crippen LogP contribution < -0.4 is 10.2 Å². The van der Waals surface area contributed by atoms with Crippen molar-refractivity contribution >= 4 is 45.7 Å². The Balaban J connectivity index is 1.36. The van der Waals surface area contributed by atoms with E-state index in [1.807, 2.05) is 41.3 Å². The number of hydrogen-bond donors (Lipinski definition) is 1. The second-order valence-electron chi connectivity index (χ2n) is 9.34.